The van der Waals surface area contributed by atoms with Crippen molar-refractivity contribution in [2.45, 2.75) is 13.1 Å². The number of esters is 1. The minimum absolute atomic E-state index is 0.0292. The Morgan fingerprint density at radius 2 is 1.72 bits per heavy atom. The van der Waals surface area contributed by atoms with Crippen LogP contribution in [0.5, 0.6) is 0 Å². The summed E-state index contributed by atoms with van der Waals surface area (Å²) in [5, 5.41) is 3.37. The lowest BCUT2D eigenvalue weighted by atomic mass is 10.1. The molecule has 3 amide bonds. The van der Waals surface area contributed by atoms with Crippen molar-refractivity contribution in [3.05, 3.63) is 104 Å². The van der Waals surface area contributed by atoms with Gasteiger partial charge in [0.25, 0.3) is 11.1 Å². The quantitative estimate of drug-likeness (QED) is 0.152. The zero-order valence-electron chi connectivity index (χ0n) is 20.7. The Balaban J connectivity index is 1.34. The fourth-order valence-corrected chi connectivity index (χ4v) is 5.42. The number of carbonyl (C=O) groups is 4. The maximum Gasteiger partial charge on any atom is 0.337 e. The third-order valence-electron chi connectivity index (χ3n) is 6.14. The summed E-state index contributed by atoms with van der Waals surface area (Å²) in [6, 6.07) is 21.7. The van der Waals surface area contributed by atoms with Gasteiger partial charge in [-0.05, 0) is 88.5 Å². The fraction of sp³-hybridized carbons (Fsp3) is 0.103. The highest BCUT2D eigenvalue weighted by atomic mass is 127. The molecule has 1 N–H and O–H groups in total. The summed E-state index contributed by atoms with van der Waals surface area (Å²) in [5.74, 6) is -1.05. The Bertz CT molecular complexity index is 1630. The Morgan fingerprint density at radius 1 is 1.00 bits per heavy atom. The van der Waals surface area contributed by atoms with Gasteiger partial charge < -0.3 is 14.6 Å². The summed E-state index contributed by atoms with van der Waals surface area (Å²) in [6.45, 7) is 0.239. The molecule has 8 nitrogen and oxygen atoms in total. The molecule has 1 aromatic heterocycles. The zero-order chi connectivity index (χ0) is 27.5. The van der Waals surface area contributed by atoms with Crippen molar-refractivity contribution < 1.29 is 23.9 Å². The van der Waals surface area contributed by atoms with Gasteiger partial charge in [0.2, 0.25) is 5.91 Å². The molecule has 10 heteroatoms. The highest BCUT2D eigenvalue weighted by Gasteiger charge is 2.35. The van der Waals surface area contributed by atoms with E-state index >= 15 is 0 Å². The fourth-order valence-electron chi connectivity index (χ4n) is 4.23. The maximum absolute atomic E-state index is 13.1. The molecule has 0 aliphatic carbocycles. The molecule has 4 aromatic rings. The average Bonchev–Trinajstić information content (AvgIpc) is 3.41. The molecule has 0 spiro atoms. The van der Waals surface area contributed by atoms with Crippen LogP contribution in [0.3, 0.4) is 0 Å². The molecule has 0 radical (unpaired) electrons. The van der Waals surface area contributed by atoms with Crippen molar-refractivity contribution in [2.75, 3.05) is 12.4 Å². The number of hydrogen-bond donors (Lipinski definition) is 1. The van der Waals surface area contributed by atoms with Crippen LogP contribution in [0.15, 0.2) is 83.9 Å². The molecule has 0 atom stereocenters. The van der Waals surface area contributed by atoms with Crippen LogP contribution in [0.1, 0.15) is 21.5 Å². The van der Waals surface area contributed by atoms with Gasteiger partial charge in [-0.25, -0.2) is 4.79 Å². The minimum atomic E-state index is -0.452. The molecular formula is C29H22IN3O5S. The number of halogens is 1. The van der Waals surface area contributed by atoms with Crippen molar-refractivity contribution in [1.29, 1.82) is 0 Å². The molecule has 0 saturated carbocycles. The van der Waals surface area contributed by atoms with Gasteiger partial charge in [-0.2, -0.15) is 0 Å². The first kappa shape index (κ1) is 26.7. The van der Waals surface area contributed by atoms with Crippen molar-refractivity contribution in [2.24, 2.45) is 0 Å². The number of amides is 3. The summed E-state index contributed by atoms with van der Waals surface area (Å²) in [6.07, 6.45) is 3.51. The number of ether oxygens (including phenoxy) is 1. The lowest BCUT2D eigenvalue weighted by Crippen LogP contribution is -2.27. The summed E-state index contributed by atoms with van der Waals surface area (Å²) in [5.41, 5.74) is 3.37. The molecule has 3 aromatic carbocycles. The zero-order valence-corrected chi connectivity index (χ0v) is 23.7. The van der Waals surface area contributed by atoms with Crippen LogP contribution in [0.4, 0.5) is 10.5 Å². The van der Waals surface area contributed by atoms with E-state index in [1.807, 2.05) is 48.5 Å². The van der Waals surface area contributed by atoms with Gasteiger partial charge in [-0.3, -0.25) is 19.3 Å². The van der Waals surface area contributed by atoms with Gasteiger partial charge in [-0.1, -0.05) is 30.3 Å². The predicted molar refractivity (Wildman–Crippen MR) is 159 cm³/mol. The second-order valence-corrected chi connectivity index (χ2v) is 11.0. The van der Waals surface area contributed by atoms with Crippen molar-refractivity contribution in [3.8, 4) is 0 Å². The van der Waals surface area contributed by atoms with Crippen LogP contribution < -0.4 is 5.32 Å². The number of fused-ring (bicyclic) bond motifs is 1. The average molecular weight is 651 g/mol. The number of thioether (sulfide) groups is 1. The van der Waals surface area contributed by atoms with Crippen molar-refractivity contribution >= 4 is 80.0 Å². The largest absolute Gasteiger partial charge is 0.465 e. The van der Waals surface area contributed by atoms with E-state index in [2.05, 4.69) is 27.9 Å². The molecule has 1 aliphatic heterocycles. The number of anilines is 1. The number of imide groups is 1. The molecule has 1 fully saturated rings. The highest BCUT2D eigenvalue weighted by Crippen LogP contribution is 2.35. The first-order valence-corrected chi connectivity index (χ1v) is 13.8. The Labute approximate surface area is 242 Å². The first-order valence-electron chi connectivity index (χ1n) is 11.9. The van der Waals surface area contributed by atoms with Crippen LogP contribution in [0, 0.1) is 3.57 Å². The molecule has 5 rings (SSSR count). The SMILES string of the molecule is COC(=O)c1ccc(NC(=O)Cn2cc(/C=C3\SC(=O)N(Cc4ccc(I)cc4)C3=O)c3ccccc32)cc1. The smallest absolute Gasteiger partial charge is 0.337 e. The van der Waals surface area contributed by atoms with Gasteiger partial charge >= 0.3 is 5.97 Å². The van der Waals surface area contributed by atoms with E-state index in [-0.39, 0.29) is 30.1 Å². The lowest BCUT2D eigenvalue weighted by Gasteiger charge is -2.12. The van der Waals surface area contributed by atoms with E-state index in [1.54, 1.807) is 41.1 Å². The number of benzene rings is 3. The first-order chi connectivity index (χ1) is 18.8. The second-order valence-electron chi connectivity index (χ2n) is 8.74. The Kier molecular flexibility index (Phi) is 7.84. The number of para-hydroxylation sites is 1. The molecule has 0 bridgehead atoms. The number of methoxy groups -OCH3 is 1. The van der Waals surface area contributed by atoms with Gasteiger partial charge in [0.15, 0.2) is 0 Å². The van der Waals surface area contributed by atoms with E-state index < -0.39 is 5.97 Å². The molecule has 1 saturated heterocycles. The Morgan fingerprint density at radius 3 is 2.44 bits per heavy atom. The maximum atomic E-state index is 13.1. The van der Waals surface area contributed by atoms with Gasteiger partial charge in [0.05, 0.1) is 24.1 Å². The van der Waals surface area contributed by atoms with Crippen molar-refractivity contribution in [1.82, 2.24) is 9.47 Å². The van der Waals surface area contributed by atoms with Crippen LogP contribution in [0.2, 0.25) is 0 Å². The molecule has 196 valence electrons. The van der Waals surface area contributed by atoms with Crippen molar-refractivity contribution in [3.63, 3.8) is 0 Å². The molecule has 2 heterocycles. The lowest BCUT2D eigenvalue weighted by molar-refractivity contribution is -0.123. The van der Waals surface area contributed by atoms with Gasteiger partial charge in [0.1, 0.15) is 6.54 Å². The number of rotatable bonds is 7. The predicted octanol–water partition coefficient (Wildman–Crippen LogP) is 5.91. The van der Waals surface area contributed by atoms with Crippen LogP contribution >= 0.6 is 34.4 Å². The third kappa shape index (κ3) is 5.91. The number of carbonyl (C=O) groups excluding carboxylic acids is 4. The molecular weight excluding hydrogens is 629 g/mol. The van der Waals surface area contributed by atoms with Gasteiger partial charge in [-0.15, -0.1) is 0 Å². The highest BCUT2D eigenvalue weighted by molar-refractivity contribution is 14.1. The summed E-state index contributed by atoms with van der Waals surface area (Å²) in [7, 11) is 1.31. The molecule has 0 unspecified atom stereocenters. The minimum Gasteiger partial charge on any atom is -0.465 e. The van der Waals surface area contributed by atoms with E-state index in [1.165, 1.54) is 12.0 Å². The topological polar surface area (TPSA) is 97.7 Å². The van der Waals surface area contributed by atoms with E-state index in [4.69, 9.17) is 4.74 Å². The van der Waals surface area contributed by atoms with Crippen LogP contribution in [-0.4, -0.2) is 39.6 Å². The molecule has 39 heavy (non-hydrogen) atoms. The number of nitrogens with zero attached hydrogens (tertiary/aromatic N) is 2. The number of hydrogen-bond acceptors (Lipinski definition) is 6. The van der Waals surface area contributed by atoms with Crippen LogP contribution in [-0.2, 0) is 27.4 Å². The number of aromatic nitrogens is 1. The normalized spacial score (nSPS) is 14.3. The second kappa shape index (κ2) is 11.5. The molecule has 1 aliphatic rings. The van der Waals surface area contributed by atoms with E-state index in [9.17, 15) is 19.2 Å². The van der Waals surface area contributed by atoms with Crippen LogP contribution in [0.25, 0.3) is 17.0 Å². The van der Waals surface area contributed by atoms with Gasteiger partial charge in [0, 0.05) is 31.9 Å². The van der Waals surface area contributed by atoms with E-state index in [0.717, 1.165) is 37.4 Å². The standard InChI is InChI=1S/C29H22IN3O5S/c1-38-28(36)19-8-12-22(13-9-19)31-26(34)17-32-16-20(23-4-2-3-5-24(23)32)14-25-27(35)33(29(37)39-25)15-18-6-10-21(30)11-7-18/h2-14,16H,15,17H2,1H3,(H,31,34)/b25-14-. The number of nitrogens with one attached hydrogen (secondary N) is 1. The monoisotopic (exact) mass is 651 g/mol. The summed E-state index contributed by atoms with van der Waals surface area (Å²) < 4.78 is 7.57. The third-order valence-corrected chi connectivity index (χ3v) is 7.76. The summed E-state index contributed by atoms with van der Waals surface area (Å²) >= 11 is 3.12. The van der Waals surface area contributed by atoms with E-state index in [0.29, 0.717) is 16.2 Å². The summed E-state index contributed by atoms with van der Waals surface area (Å²) in [4.78, 5) is 51.8. The Hall–Kier alpha value is -3.90.